The second-order valence-electron chi connectivity index (χ2n) is 7.33. The number of nitrogens with zero attached hydrogens (tertiary/aromatic N) is 2. The molecule has 0 aromatic carbocycles. The molecule has 3 rings (SSSR count). The molecule has 1 aliphatic heterocycles. The van der Waals surface area contributed by atoms with E-state index < -0.39 is 0 Å². The molecule has 0 unspecified atom stereocenters. The van der Waals surface area contributed by atoms with Crippen LogP contribution in [-0.2, 0) is 13.0 Å². The summed E-state index contributed by atoms with van der Waals surface area (Å²) in [6.07, 6.45) is 4.55. The van der Waals surface area contributed by atoms with E-state index in [-0.39, 0.29) is 16.9 Å². The van der Waals surface area contributed by atoms with Gasteiger partial charge in [-0.15, -0.1) is 0 Å². The Bertz CT molecular complexity index is 672. The Morgan fingerprint density at radius 3 is 2.86 bits per heavy atom. The van der Waals surface area contributed by atoms with Crippen molar-refractivity contribution in [3.63, 3.8) is 0 Å². The van der Waals surface area contributed by atoms with E-state index in [0.29, 0.717) is 6.54 Å². The first kappa shape index (κ1) is 15.3. The van der Waals surface area contributed by atoms with Crippen LogP contribution in [0.15, 0.2) is 15.9 Å². The van der Waals surface area contributed by atoms with E-state index >= 15 is 0 Å². The summed E-state index contributed by atoms with van der Waals surface area (Å²) in [5, 5.41) is 0. The van der Waals surface area contributed by atoms with Crippen LogP contribution in [0.5, 0.6) is 0 Å². The molecule has 22 heavy (non-hydrogen) atoms. The van der Waals surface area contributed by atoms with Crippen LogP contribution in [0.25, 0.3) is 0 Å². The number of aromatic nitrogens is 2. The van der Waals surface area contributed by atoms with Crippen molar-refractivity contribution in [1.82, 2.24) is 14.9 Å². The second-order valence-corrected chi connectivity index (χ2v) is 7.33. The van der Waals surface area contributed by atoms with Crippen LogP contribution in [0, 0.1) is 5.41 Å². The van der Waals surface area contributed by atoms with Gasteiger partial charge in [-0.1, -0.05) is 25.0 Å². The molecule has 1 aromatic heterocycles. The Balaban J connectivity index is 1.82. The van der Waals surface area contributed by atoms with Crippen molar-refractivity contribution in [1.29, 1.82) is 0 Å². The van der Waals surface area contributed by atoms with Crippen LogP contribution in [-0.4, -0.2) is 28.0 Å². The lowest BCUT2D eigenvalue weighted by Gasteiger charge is -2.38. The Labute approximate surface area is 131 Å². The summed E-state index contributed by atoms with van der Waals surface area (Å²) < 4.78 is 0. The lowest BCUT2D eigenvalue weighted by Crippen LogP contribution is -2.39. The summed E-state index contributed by atoms with van der Waals surface area (Å²) in [6, 6.07) is 0. The summed E-state index contributed by atoms with van der Waals surface area (Å²) in [4.78, 5) is 21.4. The summed E-state index contributed by atoms with van der Waals surface area (Å²) in [6.45, 7) is 9.53. The Morgan fingerprint density at radius 2 is 2.14 bits per heavy atom. The summed E-state index contributed by atoms with van der Waals surface area (Å²) in [5.41, 5.74) is 10.6. The predicted molar refractivity (Wildman–Crippen MR) is 88.6 cm³/mol. The van der Waals surface area contributed by atoms with Gasteiger partial charge in [0.25, 0.3) is 5.56 Å². The number of anilines is 1. The largest absolute Gasteiger partial charge is 0.369 e. The molecule has 1 aromatic rings. The van der Waals surface area contributed by atoms with Gasteiger partial charge in [0.15, 0.2) is 0 Å². The van der Waals surface area contributed by atoms with Gasteiger partial charge in [0.1, 0.15) is 0 Å². The number of aromatic amines is 1. The van der Waals surface area contributed by atoms with Crippen LogP contribution in [0.4, 0.5) is 5.95 Å². The van der Waals surface area contributed by atoms with Gasteiger partial charge in [-0.05, 0) is 31.6 Å². The van der Waals surface area contributed by atoms with Crippen molar-refractivity contribution < 1.29 is 0 Å². The van der Waals surface area contributed by atoms with E-state index in [1.54, 1.807) is 5.57 Å². The van der Waals surface area contributed by atoms with E-state index in [2.05, 4.69) is 35.6 Å². The number of nitrogen functional groups attached to an aromatic ring is 1. The van der Waals surface area contributed by atoms with Crippen molar-refractivity contribution in [3.8, 4) is 0 Å². The van der Waals surface area contributed by atoms with Crippen LogP contribution < -0.4 is 11.3 Å². The van der Waals surface area contributed by atoms with Gasteiger partial charge in [0, 0.05) is 26.1 Å². The van der Waals surface area contributed by atoms with Gasteiger partial charge in [-0.25, -0.2) is 4.98 Å². The first-order valence-electron chi connectivity index (χ1n) is 8.16. The zero-order valence-electron chi connectivity index (χ0n) is 13.8. The van der Waals surface area contributed by atoms with Gasteiger partial charge in [-0.2, -0.15) is 0 Å². The highest BCUT2D eigenvalue weighted by Crippen LogP contribution is 2.40. The molecule has 120 valence electrons. The average Bonchev–Trinajstić information content (AvgIpc) is 2.43. The predicted octanol–water partition coefficient (Wildman–Crippen LogP) is 2.24. The highest BCUT2D eigenvalue weighted by molar-refractivity contribution is 5.29. The SMILES string of the molecule is CC1=C(CN2CCc3nc(N)[nH]c(=O)c3C2)C(C)(C)CCC1. The number of hydrogen-bond acceptors (Lipinski definition) is 4. The fraction of sp³-hybridized carbons (Fsp3) is 0.647. The number of fused-ring (bicyclic) bond motifs is 1. The highest BCUT2D eigenvalue weighted by Gasteiger charge is 2.31. The fourth-order valence-electron chi connectivity index (χ4n) is 3.88. The molecule has 0 bridgehead atoms. The standard InChI is InChI=1S/C17H26N4O/c1-11-5-4-7-17(2,3)13(11)10-21-8-6-14-12(9-21)15(22)20-16(18)19-14/h4-10H2,1-3H3,(H3,18,19,20,22). The molecule has 0 saturated heterocycles. The van der Waals surface area contributed by atoms with Gasteiger partial charge < -0.3 is 5.73 Å². The van der Waals surface area contributed by atoms with Crippen LogP contribution in [0.3, 0.4) is 0 Å². The molecule has 0 radical (unpaired) electrons. The quantitative estimate of drug-likeness (QED) is 0.822. The third-order valence-electron chi connectivity index (χ3n) is 5.23. The minimum absolute atomic E-state index is 0.0826. The number of nitrogens with two attached hydrogens (primary N) is 1. The number of rotatable bonds is 2. The first-order valence-corrected chi connectivity index (χ1v) is 8.16. The van der Waals surface area contributed by atoms with Crippen LogP contribution >= 0.6 is 0 Å². The Hall–Kier alpha value is -1.62. The molecule has 2 heterocycles. The normalized spacial score (nSPS) is 21.8. The maximum absolute atomic E-state index is 12.1. The molecule has 0 atom stereocenters. The minimum atomic E-state index is -0.0826. The molecular formula is C17H26N4O. The smallest absolute Gasteiger partial charge is 0.257 e. The van der Waals surface area contributed by atoms with Crippen molar-refractivity contribution in [2.45, 2.75) is 53.0 Å². The van der Waals surface area contributed by atoms with Crippen LogP contribution in [0.2, 0.25) is 0 Å². The molecule has 0 saturated carbocycles. The monoisotopic (exact) mass is 302 g/mol. The maximum atomic E-state index is 12.1. The Kier molecular flexibility index (Phi) is 3.85. The number of hydrogen-bond donors (Lipinski definition) is 2. The van der Waals surface area contributed by atoms with Crippen molar-refractivity contribution in [2.75, 3.05) is 18.8 Å². The fourth-order valence-corrected chi connectivity index (χ4v) is 3.88. The van der Waals surface area contributed by atoms with E-state index in [1.165, 1.54) is 24.8 Å². The van der Waals surface area contributed by atoms with Gasteiger partial charge >= 0.3 is 0 Å². The third kappa shape index (κ3) is 2.82. The first-order chi connectivity index (χ1) is 10.4. The second kappa shape index (κ2) is 5.54. The van der Waals surface area contributed by atoms with Crippen LogP contribution in [0.1, 0.15) is 51.3 Å². The van der Waals surface area contributed by atoms with Gasteiger partial charge in [0.2, 0.25) is 5.95 Å². The lowest BCUT2D eigenvalue weighted by atomic mass is 9.72. The molecule has 0 spiro atoms. The summed E-state index contributed by atoms with van der Waals surface area (Å²) in [7, 11) is 0. The van der Waals surface area contributed by atoms with Crippen molar-refractivity contribution >= 4 is 5.95 Å². The van der Waals surface area contributed by atoms with Crippen molar-refractivity contribution in [3.05, 3.63) is 32.8 Å². The lowest BCUT2D eigenvalue weighted by molar-refractivity contribution is 0.238. The van der Waals surface area contributed by atoms with E-state index in [9.17, 15) is 4.79 Å². The molecule has 2 aliphatic rings. The minimum Gasteiger partial charge on any atom is -0.369 e. The van der Waals surface area contributed by atoms with E-state index in [0.717, 1.165) is 30.8 Å². The Morgan fingerprint density at radius 1 is 1.36 bits per heavy atom. The number of nitrogens with one attached hydrogen (secondary N) is 1. The molecular weight excluding hydrogens is 276 g/mol. The van der Waals surface area contributed by atoms with E-state index in [4.69, 9.17) is 5.73 Å². The summed E-state index contributed by atoms with van der Waals surface area (Å²) in [5.74, 6) is 0.226. The molecule has 5 nitrogen and oxygen atoms in total. The molecule has 3 N–H and O–H groups in total. The zero-order chi connectivity index (χ0) is 15.9. The topological polar surface area (TPSA) is 75.0 Å². The number of allylic oxidation sites excluding steroid dienone is 1. The zero-order valence-corrected chi connectivity index (χ0v) is 13.8. The average molecular weight is 302 g/mol. The number of H-pyrrole nitrogens is 1. The van der Waals surface area contributed by atoms with Gasteiger partial charge in [-0.3, -0.25) is 14.7 Å². The van der Waals surface area contributed by atoms with Crippen molar-refractivity contribution in [2.24, 2.45) is 5.41 Å². The highest BCUT2D eigenvalue weighted by atomic mass is 16.1. The molecule has 1 aliphatic carbocycles. The van der Waals surface area contributed by atoms with Gasteiger partial charge in [0.05, 0.1) is 11.3 Å². The molecule has 5 heteroatoms. The third-order valence-corrected chi connectivity index (χ3v) is 5.23. The molecule has 0 fully saturated rings. The summed E-state index contributed by atoms with van der Waals surface area (Å²) >= 11 is 0. The van der Waals surface area contributed by atoms with E-state index in [1.807, 2.05) is 0 Å². The maximum Gasteiger partial charge on any atom is 0.257 e. The molecule has 0 amide bonds.